The fourth-order valence-electron chi connectivity index (χ4n) is 7.32. The quantitative estimate of drug-likeness (QED) is 0.189. The first-order chi connectivity index (χ1) is 25.1. The number of nitrogens with one attached hydrogen (secondary N) is 2. The number of benzene rings is 1. The van der Waals surface area contributed by atoms with Gasteiger partial charge in [-0.25, -0.2) is 18.6 Å². The third kappa shape index (κ3) is 8.40. The van der Waals surface area contributed by atoms with Crippen LogP contribution in [0.15, 0.2) is 23.1 Å². The molecule has 1 aromatic carbocycles. The normalized spacial score (nSPS) is 26.0. The summed E-state index contributed by atoms with van der Waals surface area (Å²) in [7, 11) is 1.35. The lowest BCUT2D eigenvalue weighted by atomic mass is 9.84. The summed E-state index contributed by atoms with van der Waals surface area (Å²) >= 11 is 0. The number of ether oxygens (including phenoxy) is 5. The smallest absolute Gasteiger partial charge is 0.368 e. The van der Waals surface area contributed by atoms with Crippen molar-refractivity contribution in [3.05, 3.63) is 40.4 Å². The molecule has 3 saturated heterocycles. The van der Waals surface area contributed by atoms with Gasteiger partial charge < -0.3 is 39.4 Å². The first-order valence-electron chi connectivity index (χ1n) is 17.2. The van der Waals surface area contributed by atoms with E-state index in [2.05, 4.69) is 49.8 Å². The molecule has 3 N–H and O–H groups in total. The second-order valence-corrected chi connectivity index (χ2v) is 13.9. The van der Waals surface area contributed by atoms with Gasteiger partial charge in [-0.1, -0.05) is 0 Å². The van der Waals surface area contributed by atoms with Crippen molar-refractivity contribution in [2.24, 2.45) is 7.05 Å². The molecule has 3 fully saturated rings. The molecule has 0 aliphatic carbocycles. The monoisotopic (exact) mass is 747 g/mol. The highest BCUT2D eigenvalue weighted by Crippen LogP contribution is 2.39. The highest BCUT2D eigenvalue weighted by atomic mass is 19.1. The molecule has 3 aromatic rings. The molecule has 7 atom stereocenters. The number of hydrogen-bond acceptors (Lipinski definition) is 16. The second-order valence-electron chi connectivity index (χ2n) is 13.9. The van der Waals surface area contributed by atoms with E-state index in [4.69, 9.17) is 23.7 Å². The van der Waals surface area contributed by atoms with Gasteiger partial charge in [0.1, 0.15) is 11.8 Å². The Balaban J connectivity index is 1.30. The van der Waals surface area contributed by atoms with Crippen LogP contribution in [0.5, 0.6) is 5.75 Å². The number of nitrogens with zero attached hydrogens (tertiary/aromatic N) is 7. The number of piperidine rings is 1. The zero-order valence-electron chi connectivity index (χ0n) is 30.1. The maximum absolute atomic E-state index is 16.0. The number of tetrazole rings is 1. The average molecular weight is 748 g/mol. The summed E-state index contributed by atoms with van der Waals surface area (Å²) in [6, 6.07) is 2.41. The number of aryl methyl sites for hydroxylation is 1. The SMILES string of the molecule is CC(=O)O[C@@H]1C(Oc2cc(F)c(Nc3ncc(F)c(N[C@@H]4C[C@@H]5CCCN5C(C)(C)C4)n3)cc2-n2nnn(C)c2=O)OC[C@@H](OC(C)=O)[C@H]1OC(C)O. The van der Waals surface area contributed by atoms with Gasteiger partial charge in [-0.2, -0.15) is 14.3 Å². The van der Waals surface area contributed by atoms with E-state index >= 15 is 8.78 Å². The first kappa shape index (κ1) is 38.0. The summed E-state index contributed by atoms with van der Waals surface area (Å²) in [6.07, 6.45) is -2.07. The second kappa shape index (κ2) is 15.3. The van der Waals surface area contributed by atoms with Crippen LogP contribution in [0.4, 0.5) is 26.2 Å². The van der Waals surface area contributed by atoms with Crippen LogP contribution in [0.25, 0.3) is 5.69 Å². The van der Waals surface area contributed by atoms with Gasteiger partial charge >= 0.3 is 17.6 Å². The summed E-state index contributed by atoms with van der Waals surface area (Å²) in [5.41, 5.74) is -1.20. The first-order valence-corrected chi connectivity index (χ1v) is 17.2. The van der Waals surface area contributed by atoms with Crippen LogP contribution in [0, 0.1) is 11.6 Å². The summed E-state index contributed by atoms with van der Waals surface area (Å²) in [5.74, 6) is -3.60. The lowest BCUT2D eigenvalue weighted by Gasteiger charge is -2.47. The fraction of sp³-hybridized carbons (Fsp3) is 0.606. The Morgan fingerprint density at radius 3 is 2.55 bits per heavy atom. The van der Waals surface area contributed by atoms with Gasteiger partial charge in [0.25, 0.3) is 0 Å². The summed E-state index contributed by atoms with van der Waals surface area (Å²) in [5, 5.41) is 23.6. The number of carbonyl (C=O) groups is 2. The van der Waals surface area contributed by atoms with Crippen molar-refractivity contribution in [1.82, 2.24) is 34.7 Å². The molecular weight excluding hydrogens is 704 g/mol. The molecule has 5 heterocycles. The van der Waals surface area contributed by atoms with Crippen molar-refractivity contribution < 1.29 is 47.2 Å². The highest BCUT2D eigenvalue weighted by molar-refractivity contribution is 5.67. The zero-order valence-corrected chi connectivity index (χ0v) is 30.1. The van der Waals surface area contributed by atoms with Crippen molar-refractivity contribution in [3.8, 4) is 11.4 Å². The molecule has 288 valence electrons. The van der Waals surface area contributed by atoms with Crippen molar-refractivity contribution in [3.63, 3.8) is 0 Å². The van der Waals surface area contributed by atoms with Gasteiger partial charge in [0, 0.05) is 44.6 Å². The van der Waals surface area contributed by atoms with E-state index in [9.17, 15) is 19.5 Å². The molecule has 3 aliphatic heterocycles. The molecule has 2 aromatic heterocycles. The van der Waals surface area contributed by atoms with Crippen LogP contribution in [-0.4, -0.2) is 113 Å². The van der Waals surface area contributed by atoms with E-state index in [0.29, 0.717) is 6.04 Å². The zero-order chi connectivity index (χ0) is 38.2. The van der Waals surface area contributed by atoms with E-state index in [1.165, 1.54) is 20.0 Å². The van der Waals surface area contributed by atoms with Crippen molar-refractivity contribution in [2.75, 3.05) is 23.8 Å². The van der Waals surface area contributed by atoms with Crippen LogP contribution in [0.3, 0.4) is 0 Å². The molecular formula is C33H43F2N9O9. The van der Waals surface area contributed by atoms with Gasteiger partial charge in [0.15, 0.2) is 41.7 Å². The van der Waals surface area contributed by atoms with Crippen LogP contribution < -0.4 is 21.1 Å². The molecule has 0 saturated carbocycles. The van der Waals surface area contributed by atoms with E-state index in [1.807, 2.05) is 0 Å². The summed E-state index contributed by atoms with van der Waals surface area (Å²) < 4.78 is 60.8. The van der Waals surface area contributed by atoms with E-state index in [-0.39, 0.29) is 47.1 Å². The minimum atomic E-state index is -1.53. The van der Waals surface area contributed by atoms with Gasteiger partial charge in [0.05, 0.1) is 18.5 Å². The highest BCUT2D eigenvalue weighted by Gasteiger charge is 2.48. The Morgan fingerprint density at radius 1 is 1.11 bits per heavy atom. The molecule has 20 heteroatoms. The Labute approximate surface area is 302 Å². The Bertz CT molecular complexity index is 1890. The molecule has 0 amide bonds. The Hall–Kier alpha value is -4.79. The van der Waals surface area contributed by atoms with Crippen molar-refractivity contribution >= 4 is 29.4 Å². The van der Waals surface area contributed by atoms with Crippen LogP contribution in [-0.2, 0) is 35.6 Å². The van der Waals surface area contributed by atoms with Gasteiger partial charge in [-0.15, -0.1) is 0 Å². The lowest BCUT2D eigenvalue weighted by molar-refractivity contribution is -0.284. The molecule has 0 spiro atoms. The third-order valence-electron chi connectivity index (χ3n) is 9.39. The van der Waals surface area contributed by atoms with Gasteiger partial charge in [-0.05, 0) is 69.5 Å². The minimum absolute atomic E-state index is 0.0486. The lowest BCUT2D eigenvalue weighted by Crippen LogP contribution is -2.59. The number of anilines is 3. The predicted molar refractivity (Wildman–Crippen MR) is 180 cm³/mol. The van der Waals surface area contributed by atoms with Crippen molar-refractivity contribution in [1.29, 1.82) is 0 Å². The minimum Gasteiger partial charge on any atom is -0.458 e. The molecule has 18 nitrogen and oxygen atoms in total. The average Bonchev–Trinajstić information content (AvgIpc) is 3.68. The van der Waals surface area contributed by atoms with E-state index in [1.54, 1.807) is 0 Å². The fourth-order valence-corrected chi connectivity index (χ4v) is 7.32. The number of rotatable bonds is 11. The topological polar surface area (TPSA) is 206 Å². The van der Waals surface area contributed by atoms with Gasteiger partial charge in [0.2, 0.25) is 12.2 Å². The van der Waals surface area contributed by atoms with Crippen LogP contribution in [0.1, 0.15) is 60.3 Å². The Kier molecular flexibility index (Phi) is 10.9. The molecule has 0 radical (unpaired) electrons. The van der Waals surface area contributed by atoms with Crippen LogP contribution in [0.2, 0.25) is 0 Å². The summed E-state index contributed by atoms with van der Waals surface area (Å²) in [6.45, 7) is 8.61. The maximum Gasteiger partial charge on any atom is 0.368 e. The standard InChI is InChI=1S/C33H43F2N9O9/c1-16(45)50-26-15-49-30(28(52-18(3)47)27(26)51-17(2)46)53-25-11-21(34)23(12-24(25)44-32(48)42(6)40-41-44)38-31-36-14-22(35)29(39-31)37-19-10-20-8-7-9-43(20)33(4,5)13-19/h11-12,14,17,19-20,26-28,30,46H,7-10,13,15H2,1-6H3,(H2,36,37,38,39)/t17?,19-,20+,26-,27-,28+,30?/m1/s1. The molecule has 2 unspecified atom stereocenters. The largest absolute Gasteiger partial charge is 0.458 e. The summed E-state index contributed by atoms with van der Waals surface area (Å²) in [4.78, 5) is 47.8. The number of aliphatic hydroxyl groups is 1. The number of halogens is 2. The third-order valence-corrected chi connectivity index (χ3v) is 9.39. The number of fused-ring (bicyclic) bond motifs is 1. The molecule has 53 heavy (non-hydrogen) atoms. The number of carbonyl (C=O) groups excluding carboxylic acids is 2. The Morgan fingerprint density at radius 2 is 1.87 bits per heavy atom. The molecule has 3 aliphatic rings. The molecule has 6 rings (SSSR count). The van der Waals surface area contributed by atoms with Gasteiger partial charge in [-0.3, -0.25) is 14.5 Å². The van der Waals surface area contributed by atoms with E-state index < -0.39 is 60.2 Å². The van der Waals surface area contributed by atoms with Crippen molar-refractivity contribution in [2.45, 2.75) is 109 Å². The molecule has 0 bridgehead atoms. The maximum atomic E-state index is 16.0. The number of aliphatic hydroxyl groups excluding tert-OH is 1. The van der Waals surface area contributed by atoms with E-state index in [0.717, 1.165) is 67.7 Å². The number of hydrogen-bond donors (Lipinski definition) is 3. The van der Waals surface area contributed by atoms with Crippen LogP contribution >= 0.6 is 0 Å². The number of aromatic nitrogens is 6. The number of esters is 2. The predicted octanol–water partition coefficient (Wildman–Crippen LogP) is 1.92.